The second-order valence-electron chi connectivity index (χ2n) is 5.35. The lowest BCUT2D eigenvalue weighted by Gasteiger charge is -2.14. The standard InChI is InChI=1S/C18H14Br2N2O4/c1-2-26-13-9-10(14(19)15(20)16(13)23)8-12-17(24)21-22(18(12)25)11-6-4-3-5-7-11/h3-9,23H,2H2,1H3,(H,21,24)/b12-8-. The molecule has 1 heterocycles. The summed E-state index contributed by atoms with van der Waals surface area (Å²) in [7, 11) is 0. The second kappa shape index (κ2) is 7.51. The molecule has 0 saturated carbocycles. The SMILES string of the molecule is CCOc1cc(/C=C2/C(=O)NN(c3ccccc3)C2=O)c(Br)c(Br)c1O. The van der Waals surface area contributed by atoms with Gasteiger partial charge in [0, 0.05) is 4.47 Å². The summed E-state index contributed by atoms with van der Waals surface area (Å²) in [4.78, 5) is 25.0. The number of amides is 2. The molecule has 0 aromatic heterocycles. The fourth-order valence-electron chi connectivity index (χ4n) is 2.45. The summed E-state index contributed by atoms with van der Waals surface area (Å²) in [6, 6.07) is 10.4. The molecule has 2 amide bonds. The summed E-state index contributed by atoms with van der Waals surface area (Å²) in [5.41, 5.74) is 3.61. The summed E-state index contributed by atoms with van der Waals surface area (Å²) >= 11 is 6.64. The number of hydrogen-bond acceptors (Lipinski definition) is 4. The quantitative estimate of drug-likeness (QED) is 0.514. The number of ether oxygens (including phenoxy) is 1. The van der Waals surface area contributed by atoms with E-state index in [0.717, 1.165) is 0 Å². The number of halogens is 2. The van der Waals surface area contributed by atoms with Gasteiger partial charge in [0.15, 0.2) is 11.5 Å². The highest BCUT2D eigenvalue weighted by Crippen LogP contribution is 2.42. The lowest BCUT2D eigenvalue weighted by Crippen LogP contribution is -2.35. The molecule has 26 heavy (non-hydrogen) atoms. The number of para-hydroxylation sites is 1. The Morgan fingerprint density at radius 3 is 2.54 bits per heavy atom. The van der Waals surface area contributed by atoms with E-state index in [0.29, 0.717) is 26.8 Å². The molecule has 2 aromatic carbocycles. The molecule has 1 saturated heterocycles. The summed E-state index contributed by atoms with van der Waals surface area (Å²) < 4.78 is 6.28. The van der Waals surface area contributed by atoms with Crippen LogP contribution >= 0.6 is 31.9 Å². The van der Waals surface area contributed by atoms with Crippen LogP contribution in [0.2, 0.25) is 0 Å². The minimum Gasteiger partial charge on any atom is -0.503 e. The molecule has 0 spiro atoms. The van der Waals surface area contributed by atoms with Crippen molar-refractivity contribution in [2.24, 2.45) is 0 Å². The van der Waals surface area contributed by atoms with Crippen LogP contribution in [-0.4, -0.2) is 23.5 Å². The summed E-state index contributed by atoms with van der Waals surface area (Å²) in [6.45, 7) is 2.15. The molecule has 0 bridgehead atoms. The smallest absolute Gasteiger partial charge is 0.282 e. The fourth-order valence-corrected chi connectivity index (χ4v) is 3.30. The number of carbonyl (C=O) groups excluding carboxylic acids is 2. The normalized spacial score (nSPS) is 15.5. The zero-order chi connectivity index (χ0) is 18.8. The maximum Gasteiger partial charge on any atom is 0.282 e. The Bertz CT molecular complexity index is 913. The molecule has 2 aromatic rings. The maximum atomic E-state index is 12.7. The molecule has 0 radical (unpaired) electrons. The van der Waals surface area contributed by atoms with E-state index >= 15 is 0 Å². The highest BCUT2D eigenvalue weighted by Gasteiger charge is 2.34. The first-order chi connectivity index (χ1) is 12.4. The zero-order valence-corrected chi connectivity index (χ0v) is 16.8. The number of rotatable bonds is 4. The van der Waals surface area contributed by atoms with E-state index in [1.165, 1.54) is 11.1 Å². The average Bonchev–Trinajstić information content (AvgIpc) is 2.92. The summed E-state index contributed by atoms with van der Waals surface area (Å²) in [5, 5.41) is 11.3. The van der Waals surface area contributed by atoms with Crippen LogP contribution in [0.5, 0.6) is 11.5 Å². The average molecular weight is 482 g/mol. The first-order valence-corrected chi connectivity index (χ1v) is 9.28. The van der Waals surface area contributed by atoms with E-state index < -0.39 is 11.8 Å². The van der Waals surface area contributed by atoms with Crippen LogP contribution in [0.1, 0.15) is 12.5 Å². The molecule has 6 nitrogen and oxygen atoms in total. The molecule has 0 aliphatic carbocycles. The number of hydrazine groups is 1. The van der Waals surface area contributed by atoms with Gasteiger partial charge in [-0.1, -0.05) is 18.2 Å². The van der Waals surface area contributed by atoms with E-state index in [1.54, 1.807) is 37.3 Å². The van der Waals surface area contributed by atoms with Gasteiger partial charge in [-0.3, -0.25) is 15.0 Å². The van der Waals surface area contributed by atoms with Gasteiger partial charge in [-0.2, -0.15) is 0 Å². The fraction of sp³-hybridized carbons (Fsp3) is 0.111. The number of phenols is 1. The Kier molecular flexibility index (Phi) is 5.33. The van der Waals surface area contributed by atoms with Crippen molar-refractivity contribution in [3.05, 3.63) is 56.5 Å². The Balaban J connectivity index is 2.02. The van der Waals surface area contributed by atoms with Crippen LogP contribution < -0.4 is 15.2 Å². The molecule has 1 aliphatic heterocycles. The minimum absolute atomic E-state index is 0.0189. The number of nitrogens with zero attached hydrogens (tertiary/aromatic N) is 1. The van der Waals surface area contributed by atoms with Crippen LogP contribution in [0.25, 0.3) is 6.08 Å². The molecule has 0 atom stereocenters. The van der Waals surface area contributed by atoms with Crippen LogP contribution in [0.15, 0.2) is 50.9 Å². The van der Waals surface area contributed by atoms with Crippen LogP contribution in [0.3, 0.4) is 0 Å². The highest BCUT2D eigenvalue weighted by molar-refractivity contribution is 9.13. The molecule has 1 fully saturated rings. The van der Waals surface area contributed by atoms with Gasteiger partial charge in [0.25, 0.3) is 11.8 Å². The van der Waals surface area contributed by atoms with Crippen molar-refractivity contribution in [1.82, 2.24) is 5.43 Å². The monoisotopic (exact) mass is 480 g/mol. The van der Waals surface area contributed by atoms with E-state index in [9.17, 15) is 14.7 Å². The van der Waals surface area contributed by atoms with Crippen molar-refractivity contribution in [1.29, 1.82) is 0 Å². The van der Waals surface area contributed by atoms with Crippen LogP contribution in [0, 0.1) is 0 Å². The molecular formula is C18H14Br2N2O4. The molecule has 0 unspecified atom stereocenters. The topological polar surface area (TPSA) is 78.9 Å². The predicted molar refractivity (Wildman–Crippen MR) is 105 cm³/mol. The van der Waals surface area contributed by atoms with Gasteiger partial charge in [-0.15, -0.1) is 0 Å². The molecule has 134 valence electrons. The molecular weight excluding hydrogens is 468 g/mol. The number of aromatic hydroxyl groups is 1. The Hall–Kier alpha value is -2.32. The highest BCUT2D eigenvalue weighted by atomic mass is 79.9. The van der Waals surface area contributed by atoms with Crippen LogP contribution in [-0.2, 0) is 9.59 Å². The van der Waals surface area contributed by atoms with Crippen molar-refractivity contribution in [3.63, 3.8) is 0 Å². The Morgan fingerprint density at radius 1 is 1.19 bits per heavy atom. The first kappa shape index (κ1) is 18.5. The van der Waals surface area contributed by atoms with E-state index in [1.807, 2.05) is 6.07 Å². The molecule has 8 heteroatoms. The van der Waals surface area contributed by atoms with Gasteiger partial charge in [0.2, 0.25) is 0 Å². The summed E-state index contributed by atoms with van der Waals surface area (Å²) in [5.74, 6) is -0.780. The van der Waals surface area contributed by atoms with Crippen molar-refractivity contribution in [3.8, 4) is 11.5 Å². The van der Waals surface area contributed by atoms with E-state index in [4.69, 9.17) is 4.74 Å². The number of hydrogen-bond donors (Lipinski definition) is 2. The number of nitrogens with one attached hydrogen (secondary N) is 1. The van der Waals surface area contributed by atoms with Gasteiger partial charge in [-0.25, -0.2) is 5.01 Å². The van der Waals surface area contributed by atoms with E-state index in [2.05, 4.69) is 37.3 Å². The van der Waals surface area contributed by atoms with Crippen molar-refractivity contribution in [2.45, 2.75) is 6.92 Å². The number of phenolic OH excluding ortho intramolecular Hbond substituents is 1. The van der Waals surface area contributed by atoms with Crippen molar-refractivity contribution in [2.75, 3.05) is 11.6 Å². The third-order valence-electron chi connectivity index (χ3n) is 3.68. The Labute approximate surface area is 166 Å². The largest absolute Gasteiger partial charge is 0.503 e. The summed E-state index contributed by atoms with van der Waals surface area (Å²) in [6.07, 6.45) is 1.46. The van der Waals surface area contributed by atoms with Gasteiger partial charge in [0.05, 0.1) is 16.8 Å². The van der Waals surface area contributed by atoms with Gasteiger partial charge in [-0.05, 0) is 68.6 Å². The maximum absolute atomic E-state index is 12.7. The van der Waals surface area contributed by atoms with Crippen LogP contribution in [0.4, 0.5) is 5.69 Å². The second-order valence-corrected chi connectivity index (χ2v) is 6.93. The van der Waals surface area contributed by atoms with E-state index in [-0.39, 0.29) is 17.1 Å². The van der Waals surface area contributed by atoms with Gasteiger partial charge >= 0.3 is 0 Å². The predicted octanol–water partition coefficient (Wildman–Crippen LogP) is 3.78. The molecule has 2 N–H and O–H groups in total. The zero-order valence-electron chi connectivity index (χ0n) is 13.6. The minimum atomic E-state index is -0.507. The van der Waals surface area contributed by atoms with Crippen molar-refractivity contribution < 1.29 is 19.4 Å². The third-order valence-corrected chi connectivity index (χ3v) is 5.84. The number of carbonyl (C=O) groups is 2. The third kappa shape index (κ3) is 3.34. The van der Waals surface area contributed by atoms with Gasteiger partial charge in [0.1, 0.15) is 5.57 Å². The molecule has 1 aliphatic rings. The van der Waals surface area contributed by atoms with Crippen molar-refractivity contribution >= 4 is 55.4 Å². The first-order valence-electron chi connectivity index (χ1n) is 7.70. The lowest BCUT2D eigenvalue weighted by atomic mass is 10.1. The van der Waals surface area contributed by atoms with Gasteiger partial charge < -0.3 is 9.84 Å². The lowest BCUT2D eigenvalue weighted by molar-refractivity contribution is -0.117. The number of anilines is 1. The Morgan fingerprint density at radius 2 is 1.88 bits per heavy atom. The number of benzene rings is 2. The molecule has 3 rings (SSSR count).